The molecule has 2 rings (SSSR count). The summed E-state index contributed by atoms with van der Waals surface area (Å²) in [5, 5.41) is 0.324. The van der Waals surface area contributed by atoms with E-state index < -0.39 is 0 Å². The Hall–Kier alpha value is -0.410. The molecule has 1 nitrogen and oxygen atoms in total. The molecule has 0 N–H and O–H groups in total. The van der Waals surface area contributed by atoms with Crippen LogP contribution in [0.3, 0.4) is 0 Å². The second kappa shape index (κ2) is 4.22. The summed E-state index contributed by atoms with van der Waals surface area (Å²) < 4.78 is 18.3. The second-order valence-electron chi connectivity index (χ2n) is 4.02. The maximum atomic E-state index is 12.7. The average Bonchev–Trinajstić information content (AvgIpc) is 2.97. The van der Waals surface area contributed by atoms with Gasteiger partial charge in [-0.1, -0.05) is 11.6 Å². The number of hydrogen-bond donors (Lipinski definition) is 1. The van der Waals surface area contributed by atoms with E-state index in [0.717, 1.165) is 18.6 Å². The molecule has 0 radical (unpaired) electrons. The zero-order valence-corrected chi connectivity index (χ0v) is 9.82. The van der Waals surface area contributed by atoms with Crippen LogP contribution in [-0.4, -0.2) is 12.4 Å². The zero-order chi connectivity index (χ0) is 10.9. The standard InChI is InChI=1S/C11H12ClFOS/c12-9-5-8(13)1-2-10(9)14-6-11(7-15)3-4-11/h1-2,5,15H,3-4,6-7H2. The predicted molar refractivity (Wildman–Crippen MR) is 62.4 cm³/mol. The van der Waals surface area contributed by atoms with Gasteiger partial charge in [-0.25, -0.2) is 4.39 Å². The van der Waals surface area contributed by atoms with Crippen LogP contribution in [0.2, 0.25) is 5.02 Å². The molecule has 4 heteroatoms. The van der Waals surface area contributed by atoms with Gasteiger partial charge in [-0.2, -0.15) is 12.6 Å². The highest BCUT2D eigenvalue weighted by atomic mass is 35.5. The molecule has 0 unspecified atom stereocenters. The lowest BCUT2D eigenvalue weighted by atomic mass is 10.2. The Balaban J connectivity index is 1.99. The molecule has 0 amide bonds. The average molecular weight is 247 g/mol. The van der Waals surface area contributed by atoms with Gasteiger partial charge in [-0.15, -0.1) is 0 Å². The summed E-state index contributed by atoms with van der Waals surface area (Å²) in [6, 6.07) is 4.17. The molecule has 0 heterocycles. The van der Waals surface area contributed by atoms with Gasteiger partial charge >= 0.3 is 0 Å². The summed E-state index contributed by atoms with van der Waals surface area (Å²) in [4.78, 5) is 0. The molecule has 0 bridgehead atoms. The Bertz CT molecular complexity index is 366. The van der Waals surface area contributed by atoms with Gasteiger partial charge in [0, 0.05) is 5.41 Å². The monoisotopic (exact) mass is 246 g/mol. The first-order valence-electron chi connectivity index (χ1n) is 4.84. The Labute approximate surface area is 99.0 Å². The van der Waals surface area contributed by atoms with E-state index in [9.17, 15) is 4.39 Å². The van der Waals surface area contributed by atoms with E-state index in [1.54, 1.807) is 6.07 Å². The normalized spacial score (nSPS) is 17.5. The molecule has 0 aliphatic heterocycles. The van der Waals surface area contributed by atoms with Crippen LogP contribution < -0.4 is 4.74 Å². The van der Waals surface area contributed by atoms with Gasteiger partial charge in [0.05, 0.1) is 11.6 Å². The summed E-state index contributed by atoms with van der Waals surface area (Å²) in [5.74, 6) is 1.03. The molecule has 0 spiro atoms. The molecule has 1 aromatic rings. The van der Waals surface area contributed by atoms with Crippen molar-refractivity contribution in [3.05, 3.63) is 29.0 Å². The third-order valence-electron chi connectivity index (χ3n) is 2.72. The maximum absolute atomic E-state index is 12.7. The lowest BCUT2D eigenvalue weighted by molar-refractivity contribution is 0.250. The molecule has 82 valence electrons. The molecule has 15 heavy (non-hydrogen) atoms. The quantitative estimate of drug-likeness (QED) is 0.800. The van der Waals surface area contributed by atoms with E-state index >= 15 is 0 Å². The van der Waals surface area contributed by atoms with Crippen molar-refractivity contribution in [1.29, 1.82) is 0 Å². The van der Waals surface area contributed by atoms with Crippen LogP contribution in [0.1, 0.15) is 12.8 Å². The summed E-state index contributed by atoms with van der Waals surface area (Å²) in [6.07, 6.45) is 2.30. The number of hydrogen-bond acceptors (Lipinski definition) is 2. The molecule has 0 saturated heterocycles. The first kappa shape index (κ1) is 11.1. The van der Waals surface area contributed by atoms with Crippen LogP contribution in [0.15, 0.2) is 18.2 Å². The summed E-state index contributed by atoms with van der Waals surface area (Å²) >= 11 is 10.1. The second-order valence-corrected chi connectivity index (χ2v) is 4.74. The third kappa shape index (κ3) is 2.58. The lowest BCUT2D eigenvalue weighted by Gasteiger charge is -2.14. The fourth-order valence-corrected chi connectivity index (χ4v) is 1.98. The largest absolute Gasteiger partial charge is 0.491 e. The number of benzene rings is 1. The number of rotatable bonds is 4. The number of thiol groups is 1. The Morgan fingerprint density at radius 1 is 1.47 bits per heavy atom. The van der Waals surface area contributed by atoms with E-state index in [-0.39, 0.29) is 11.2 Å². The molecule has 0 atom stereocenters. The van der Waals surface area contributed by atoms with Gasteiger partial charge in [0.25, 0.3) is 0 Å². The molecule has 1 saturated carbocycles. The van der Waals surface area contributed by atoms with Crippen LogP contribution in [-0.2, 0) is 0 Å². The van der Waals surface area contributed by atoms with Crippen molar-refractivity contribution in [2.75, 3.05) is 12.4 Å². The zero-order valence-electron chi connectivity index (χ0n) is 8.17. The highest BCUT2D eigenvalue weighted by molar-refractivity contribution is 7.80. The van der Waals surface area contributed by atoms with Gasteiger partial charge in [0.1, 0.15) is 11.6 Å². The Morgan fingerprint density at radius 3 is 2.73 bits per heavy atom. The Kier molecular flexibility index (Phi) is 3.12. The minimum Gasteiger partial charge on any atom is -0.491 e. The first-order valence-corrected chi connectivity index (χ1v) is 5.85. The Morgan fingerprint density at radius 2 is 2.20 bits per heavy atom. The van der Waals surface area contributed by atoms with Crippen molar-refractivity contribution in [2.45, 2.75) is 12.8 Å². The van der Waals surface area contributed by atoms with E-state index in [0.29, 0.717) is 17.4 Å². The van der Waals surface area contributed by atoms with Crippen LogP contribution >= 0.6 is 24.2 Å². The van der Waals surface area contributed by atoms with E-state index in [1.807, 2.05) is 0 Å². The smallest absolute Gasteiger partial charge is 0.138 e. The van der Waals surface area contributed by atoms with Crippen LogP contribution in [0.4, 0.5) is 4.39 Å². The SMILES string of the molecule is Fc1ccc(OCC2(CS)CC2)c(Cl)c1. The van der Waals surface area contributed by atoms with Crippen molar-refractivity contribution in [3.8, 4) is 5.75 Å². The molecule has 1 aliphatic carbocycles. The van der Waals surface area contributed by atoms with E-state index in [1.165, 1.54) is 12.1 Å². The summed E-state index contributed by atoms with van der Waals surface area (Å²) in [5.41, 5.74) is 0.223. The summed E-state index contributed by atoms with van der Waals surface area (Å²) in [7, 11) is 0. The third-order valence-corrected chi connectivity index (χ3v) is 3.69. The van der Waals surface area contributed by atoms with E-state index in [2.05, 4.69) is 12.6 Å². The van der Waals surface area contributed by atoms with Gasteiger partial charge < -0.3 is 4.74 Å². The van der Waals surface area contributed by atoms with Crippen molar-refractivity contribution in [1.82, 2.24) is 0 Å². The molecule has 1 aliphatic rings. The van der Waals surface area contributed by atoms with Crippen molar-refractivity contribution in [2.24, 2.45) is 5.41 Å². The van der Waals surface area contributed by atoms with Crippen molar-refractivity contribution < 1.29 is 9.13 Å². The highest BCUT2D eigenvalue weighted by Gasteiger charge is 2.42. The van der Waals surface area contributed by atoms with E-state index in [4.69, 9.17) is 16.3 Å². The molecular weight excluding hydrogens is 235 g/mol. The van der Waals surface area contributed by atoms with Gasteiger partial charge in [0.2, 0.25) is 0 Å². The number of ether oxygens (including phenoxy) is 1. The van der Waals surface area contributed by atoms with Crippen molar-refractivity contribution >= 4 is 24.2 Å². The van der Waals surface area contributed by atoms with Crippen LogP contribution in [0, 0.1) is 11.2 Å². The lowest BCUT2D eigenvalue weighted by Crippen LogP contribution is -2.14. The van der Waals surface area contributed by atoms with Gasteiger partial charge in [-0.05, 0) is 36.8 Å². The fraction of sp³-hybridized carbons (Fsp3) is 0.455. The predicted octanol–water partition coefficient (Wildman–Crippen LogP) is 3.57. The maximum Gasteiger partial charge on any atom is 0.138 e. The van der Waals surface area contributed by atoms with Crippen molar-refractivity contribution in [3.63, 3.8) is 0 Å². The topological polar surface area (TPSA) is 9.23 Å². The van der Waals surface area contributed by atoms with Gasteiger partial charge in [0.15, 0.2) is 0 Å². The highest BCUT2D eigenvalue weighted by Crippen LogP contribution is 2.47. The fourth-order valence-electron chi connectivity index (χ4n) is 1.35. The minimum absolute atomic E-state index is 0.223. The minimum atomic E-state index is -0.345. The number of halogens is 2. The summed E-state index contributed by atoms with van der Waals surface area (Å²) in [6.45, 7) is 0.613. The van der Waals surface area contributed by atoms with Crippen LogP contribution in [0.5, 0.6) is 5.75 Å². The molecular formula is C11H12ClFOS. The molecule has 0 aromatic heterocycles. The first-order chi connectivity index (χ1) is 7.15. The molecule has 1 aromatic carbocycles. The van der Waals surface area contributed by atoms with Gasteiger partial charge in [-0.3, -0.25) is 0 Å². The van der Waals surface area contributed by atoms with Crippen LogP contribution in [0.25, 0.3) is 0 Å². The molecule has 1 fully saturated rings.